The fourth-order valence-electron chi connectivity index (χ4n) is 1.63. The van der Waals surface area contributed by atoms with Crippen LogP contribution < -0.4 is 4.74 Å². The molecule has 0 radical (unpaired) electrons. The number of halogens is 1. The second-order valence-electron chi connectivity index (χ2n) is 4.11. The van der Waals surface area contributed by atoms with E-state index in [2.05, 4.69) is 15.9 Å². The molecule has 0 aromatic heterocycles. The lowest BCUT2D eigenvalue weighted by molar-refractivity contribution is 0.0979. The minimum Gasteiger partial charge on any atom is -0.496 e. The van der Waals surface area contributed by atoms with Gasteiger partial charge in [-0.2, -0.15) is 0 Å². The Kier molecular flexibility index (Phi) is 6.00. The number of ether oxygens (including phenoxy) is 1. The first kappa shape index (κ1) is 16.2. The zero-order valence-corrected chi connectivity index (χ0v) is 13.4. The van der Waals surface area contributed by atoms with Gasteiger partial charge in [0.2, 0.25) is 0 Å². The SMILES string of the molecule is CCS(=O)(=O)CCCC(=O)c1ccc(Br)cc1OC. The Balaban J connectivity index is 2.69. The summed E-state index contributed by atoms with van der Waals surface area (Å²) in [5, 5.41) is 0. The molecule has 0 saturated heterocycles. The van der Waals surface area contributed by atoms with E-state index in [1.54, 1.807) is 25.1 Å². The number of rotatable bonds is 7. The van der Waals surface area contributed by atoms with Crippen LogP contribution >= 0.6 is 15.9 Å². The Morgan fingerprint density at radius 3 is 2.63 bits per heavy atom. The topological polar surface area (TPSA) is 60.4 Å². The molecule has 0 unspecified atom stereocenters. The molecule has 0 heterocycles. The molecule has 19 heavy (non-hydrogen) atoms. The molecule has 1 aromatic carbocycles. The minimum atomic E-state index is -3.01. The third-order valence-corrected chi connectivity index (χ3v) is 5.05. The molecule has 0 amide bonds. The lowest BCUT2D eigenvalue weighted by Crippen LogP contribution is -2.11. The van der Waals surface area contributed by atoms with Gasteiger partial charge < -0.3 is 4.74 Å². The molecule has 106 valence electrons. The van der Waals surface area contributed by atoms with Crippen LogP contribution in [0.2, 0.25) is 0 Å². The van der Waals surface area contributed by atoms with Crippen LogP contribution in [-0.2, 0) is 9.84 Å². The maximum atomic E-state index is 12.0. The average Bonchev–Trinajstić information content (AvgIpc) is 2.38. The van der Waals surface area contributed by atoms with Crippen LogP contribution in [-0.4, -0.2) is 32.8 Å². The van der Waals surface area contributed by atoms with Crippen molar-refractivity contribution in [3.63, 3.8) is 0 Å². The average molecular weight is 349 g/mol. The summed E-state index contributed by atoms with van der Waals surface area (Å²) in [5.74, 6) is 0.560. The van der Waals surface area contributed by atoms with Gasteiger partial charge in [-0.05, 0) is 24.6 Å². The number of benzene rings is 1. The quantitative estimate of drug-likeness (QED) is 0.711. The Morgan fingerprint density at radius 1 is 1.37 bits per heavy atom. The molecule has 0 aliphatic rings. The second kappa shape index (κ2) is 7.05. The van der Waals surface area contributed by atoms with Crippen molar-refractivity contribution in [2.24, 2.45) is 0 Å². The van der Waals surface area contributed by atoms with Crippen LogP contribution in [0.3, 0.4) is 0 Å². The predicted octanol–water partition coefficient (Wildman–Crippen LogP) is 2.86. The molecule has 0 fully saturated rings. The highest BCUT2D eigenvalue weighted by molar-refractivity contribution is 9.10. The number of carbonyl (C=O) groups excluding carboxylic acids is 1. The molecule has 6 heteroatoms. The zero-order chi connectivity index (χ0) is 14.5. The van der Waals surface area contributed by atoms with Crippen LogP contribution in [0, 0.1) is 0 Å². The van der Waals surface area contributed by atoms with Crippen molar-refractivity contribution in [2.75, 3.05) is 18.6 Å². The van der Waals surface area contributed by atoms with Crippen molar-refractivity contribution in [3.8, 4) is 5.75 Å². The summed E-state index contributed by atoms with van der Waals surface area (Å²) in [4.78, 5) is 12.0. The van der Waals surface area contributed by atoms with Gasteiger partial charge in [-0.15, -0.1) is 0 Å². The molecule has 1 aromatic rings. The number of sulfone groups is 1. The molecule has 0 aliphatic carbocycles. The summed E-state index contributed by atoms with van der Waals surface area (Å²) in [6.45, 7) is 1.61. The van der Waals surface area contributed by atoms with Gasteiger partial charge in [0.25, 0.3) is 0 Å². The van der Waals surface area contributed by atoms with Crippen LogP contribution in [0.1, 0.15) is 30.1 Å². The van der Waals surface area contributed by atoms with Gasteiger partial charge in [0.15, 0.2) is 5.78 Å². The maximum absolute atomic E-state index is 12.0. The van der Waals surface area contributed by atoms with Crippen molar-refractivity contribution in [3.05, 3.63) is 28.2 Å². The van der Waals surface area contributed by atoms with Crippen LogP contribution in [0.5, 0.6) is 5.75 Å². The Hall–Kier alpha value is -0.880. The summed E-state index contributed by atoms with van der Waals surface area (Å²) >= 11 is 3.30. The molecule has 0 aliphatic heterocycles. The number of carbonyl (C=O) groups is 1. The largest absolute Gasteiger partial charge is 0.496 e. The number of Topliss-reactive ketones (excluding diaryl/α,β-unsaturated/α-hetero) is 1. The minimum absolute atomic E-state index is 0.0497. The van der Waals surface area contributed by atoms with E-state index < -0.39 is 9.84 Å². The highest BCUT2D eigenvalue weighted by Crippen LogP contribution is 2.25. The predicted molar refractivity (Wildman–Crippen MR) is 78.6 cm³/mol. The van der Waals surface area contributed by atoms with Crippen molar-refractivity contribution in [1.82, 2.24) is 0 Å². The lowest BCUT2D eigenvalue weighted by Gasteiger charge is -2.08. The molecular formula is C13H17BrO4S. The summed E-state index contributed by atoms with van der Waals surface area (Å²) in [7, 11) is -1.51. The van der Waals surface area contributed by atoms with E-state index in [1.165, 1.54) is 7.11 Å². The van der Waals surface area contributed by atoms with Gasteiger partial charge in [0.05, 0.1) is 18.4 Å². The van der Waals surface area contributed by atoms with Crippen LogP contribution in [0.25, 0.3) is 0 Å². The number of hydrogen-bond donors (Lipinski definition) is 0. The van der Waals surface area contributed by atoms with Crippen molar-refractivity contribution >= 4 is 31.6 Å². The number of ketones is 1. The van der Waals surface area contributed by atoms with Gasteiger partial charge in [-0.1, -0.05) is 22.9 Å². The first-order valence-corrected chi connectivity index (χ1v) is 8.58. The van der Waals surface area contributed by atoms with Gasteiger partial charge in [-0.3, -0.25) is 4.79 Å². The van der Waals surface area contributed by atoms with Crippen LogP contribution in [0.4, 0.5) is 0 Å². The van der Waals surface area contributed by atoms with E-state index in [9.17, 15) is 13.2 Å². The van der Waals surface area contributed by atoms with Crippen molar-refractivity contribution in [2.45, 2.75) is 19.8 Å². The molecule has 0 atom stereocenters. The van der Waals surface area contributed by atoms with E-state index in [-0.39, 0.29) is 23.7 Å². The van der Waals surface area contributed by atoms with E-state index in [1.807, 2.05) is 0 Å². The van der Waals surface area contributed by atoms with Crippen molar-refractivity contribution in [1.29, 1.82) is 0 Å². The third kappa shape index (κ3) is 4.95. The summed E-state index contributed by atoms with van der Waals surface area (Å²) < 4.78 is 28.7. The van der Waals surface area contributed by atoms with E-state index >= 15 is 0 Å². The van der Waals surface area contributed by atoms with E-state index in [0.29, 0.717) is 17.7 Å². The normalized spacial score (nSPS) is 11.3. The Morgan fingerprint density at radius 2 is 2.05 bits per heavy atom. The Labute approximate surface area is 122 Å². The fraction of sp³-hybridized carbons (Fsp3) is 0.462. The van der Waals surface area contributed by atoms with Gasteiger partial charge in [0.1, 0.15) is 15.6 Å². The second-order valence-corrected chi connectivity index (χ2v) is 7.50. The van der Waals surface area contributed by atoms with E-state index in [4.69, 9.17) is 4.74 Å². The first-order chi connectivity index (χ1) is 8.89. The highest BCUT2D eigenvalue weighted by Gasteiger charge is 2.14. The molecular weight excluding hydrogens is 332 g/mol. The third-order valence-electron chi connectivity index (χ3n) is 2.76. The zero-order valence-electron chi connectivity index (χ0n) is 11.0. The monoisotopic (exact) mass is 348 g/mol. The summed E-state index contributed by atoms with van der Waals surface area (Å²) in [6.07, 6.45) is 0.547. The summed E-state index contributed by atoms with van der Waals surface area (Å²) in [5.41, 5.74) is 0.486. The van der Waals surface area contributed by atoms with Gasteiger partial charge >= 0.3 is 0 Å². The van der Waals surface area contributed by atoms with Gasteiger partial charge in [0, 0.05) is 16.6 Å². The standard InChI is InChI=1S/C13H17BrO4S/c1-3-19(16,17)8-4-5-12(15)11-7-6-10(14)9-13(11)18-2/h6-7,9H,3-5,8H2,1-2H3. The maximum Gasteiger partial charge on any atom is 0.166 e. The van der Waals surface area contributed by atoms with Gasteiger partial charge in [-0.25, -0.2) is 8.42 Å². The van der Waals surface area contributed by atoms with Crippen molar-refractivity contribution < 1.29 is 17.9 Å². The van der Waals surface area contributed by atoms with Crippen LogP contribution in [0.15, 0.2) is 22.7 Å². The fourth-order valence-corrected chi connectivity index (χ4v) is 2.84. The smallest absolute Gasteiger partial charge is 0.166 e. The number of methoxy groups -OCH3 is 1. The summed E-state index contributed by atoms with van der Waals surface area (Å²) in [6, 6.07) is 5.16. The number of hydrogen-bond acceptors (Lipinski definition) is 4. The molecule has 0 spiro atoms. The molecule has 0 N–H and O–H groups in total. The molecule has 0 bridgehead atoms. The lowest BCUT2D eigenvalue weighted by atomic mass is 10.1. The van der Waals surface area contributed by atoms with E-state index in [0.717, 1.165) is 4.47 Å². The first-order valence-electron chi connectivity index (χ1n) is 5.96. The highest BCUT2D eigenvalue weighted by atomic mass is 79.9. The Bertz CT molecular complexity index is 552. The molecule has 1 rings (SSSR count). The molecule has 4 nitrogen and oxygen atoms in total. The molecule has 0 saturated carbocycles.